The number of para-hydroxylation sites is 1. The van der Waals surface area contributed by atoms with E-state index in [1.807, 2.05) is 24.3 Å². The van der Waals surface area contributed by atoms with Gasteiger partial charge in [0.2, 0.25) is 11.8 Å². The van der Waals surface area contributed by atoms with Crippen LogP contribution in [0.1, 0.15) is 50.2 Å². The Hall–Kier alpha value is -2.74. The zero-order valence-electron chi connectivity index (χ0n) is 18.1. The molecule has 1 atom stereocenters. The van der Waals surface area contributed by atoms with E-state index in [9.17, 15) is 19.7 Å². The SMILES string of the molecule is CC(C(=O)NC1CCCCC1)N(Cc1cccc(Br)c1)C(=O)Cc1ccccc1[N+](=O)[O-]. The molecule has 2 aromatic carbocycles. The zero-order valence-corrected chi connectivity index (χ0v) is 19.7. The van der Waals surface area contributed by atoms with Gasteiger partial charge in [-0.05, 0) is 37.5 Å². The first kappa shape index (κ1) is 23.9. The fourth-order valence-corrected chi connectivity index (χ4v) is 4.53. The van der Waals surface area contributed by atoms with Crippen molar-refractivity contribution in [3.05, 3.63) is 74.2 Å². The molecule has 0 aromatic heterocycles. The van der Waals surface area contributed by atoms with Crippen molar-refractivity contribution in [3.63, 3.8) is 0 Å². The summed E-state index contributed by atoms with van der Waals surface area (Å²) >= 11 is 3.44. The van der Waals surface area contributed by atoms with Crippen molar-refractivity contribution in [1.29, 1.82) is 0 Å². The van der Waals surface area contributed by atoms with Crippen LogP contribution in [0.5, 0.6) is 0 Å². The topological polar surface area (TPSA) is 92.6 Å². The van der Waals surface area contributed by atoms with Crippen molar-refractivity contribution in [2.24, 2.45) is 0 Å². The second kappa shape index (κ2) is 11.2. The Balaban J connectivity index is 1.81. The number of carbonyl (C=O) groups excluding carboxylic acids is 2. The van der Waals surface area contributed by atoms with Crippen LogP contribution in [0.4, 0.5) is 5.69 Å². The van der Waals surface area contributed by atoms with E-state index in [2.05, 4.69) is 21.2 Å². The van der Waals surface area contributed by atoms with Crippen molar-refractivity contribution >= 4 is 33.4 Å². The summed E-state index contributed by atoms with van der Waals surface area (Å²) < 4.78 is 0.875. The van der Waals surface area contributed by atoms with Gasteiger partial charge in [-0.1, -0.05) is 65.5 Å². The minimum absolute atomic E-state index is 0.0948. The van der Waals surface area contributed by atoms with Crippen LogP contribution in [0.15, 0.2) is 53.0 Å². The van der Waals surface area contributed by atoms with Crippen molar-refractivity contribution < 1.29 is 14.5 Å². The molecule has 8 heteroatoms. The van der Waals surface area contributed by atoms with Gasteiger partial charge in [0.1, 0.15) is 6.04 Å². The molecule has 1 fully saturated rings. The number of nitrogens with one attached hydrogen (secondary N) is 1. The summed E-state index contributed by atoms with van der Waals surface area (Å²) in [6.07, 6.45) is 5.13. The van der Waals surface area contributed by atoms with Crippen molar-refractivity contribution in [2.45, 2.75) is 64.1 Å². The number of rotatable bonds is 8. The number of halogens is 1. The Labute approximate surface area is 196 Å². The molecule has 0 spiro atoms. The number of amides is 2. The smallest absolute Gasteiger partial charge is 0.273 e. The quantitative estimate of drug-likeness (QED) is 0.416. The lowest BCUT2D eigenvalue weighted by Crippen LogP contribution is -2.50. The van der Waals surface area contributed by atoms with Gasteiger partial charge < -0.3 is 10.2 Å². The molecule has 0 bridgehead atoms. The van der Waals surface area contributed by atoms with Gasteiger partial charge in [-0.15, -0.1) is 0 Å². The maximum absolute atomic E-state index is 13.3. The van der Waals surface area contributed by atoms with E-state index >= 15 is 0 Å². The van der Waals surface area contributed by atoms with Crippen molar-refractivity contribution in [3.8, 4) is 0 Å². The van der Waals surface area contributed by atoms with Gasteiger partial charge in [-0.25, -0.2) is 0 Å². The van der Waals surface area contributed by atoms with E-state index in [-0.39, 0.29) is 36.5 Å². The molecule has 170 valence electrons. The number of hydrogen-bond donors (Lipinski definition) is 1. The lowest BCUT2D eigenvalue weighted by Gasteiger charge is -2.31. The summed E-state index contributed by atoms with van der Waals surface area (Å²) in [6, 6.07) is 13.2. The van der Waals surface area contributed by atoms with Gasteiger partial charge in [-0.3, -0.25) is 19.7 Å². The molecule has 7 nitrogen and oxygen atoms in total. The Morgan fingerprint density at radius 2 is 1.88 bits per heavy atom. The van der Waals surface area contributed by atoms with E-state index in [4.69, 9.17) is 0 Å². The highest BCUT2D eigenvalue weighted by Gasteiger charge is 2.29. The number of benzene rings is 2. The minimum atomic E-state index is -0.703. The average molecular weight is 502 g/mol. The van der Waals surface area contributed by atoms with Crippen LogP contribution in [0.3, 0.4) is 0 Å². The number of hydrogen-bond acceptors (Lipinski definition) is 4. The van der Waals surface area contributed by atoms with Crippen LogP contribution in [0.2, 0.25) is 0 Å². The Kier molecular flexibility index (Phi) is 8.39. The number of nitrogens with zero attached hydrogens (tertiary/aromatic N) is 2. The van der Waals surface area contributed by atoms with Crippen LogP contribution in [0, 0.1) is 10.1 Å². The van der Waals surface area contributed by atoms with Crippen LogP contribution in [-0.2, 0) is 22.6 Å². The first-order valence-electron chi connectivity index (χ1n) is 10.9. The Morgan fingerprint density at radius 1 is 1.16 bits per heavy atom. The monoisotopic (exact) mass is 501 g/mol. The second-order valence-electron chi connectivity index (χ2n) is 8.23. The van der Waals surface area contributed by atoms with Gasteiger partial charge >= 0.3 is 0 Å². The van der Waals surface area contributed by atoms with E-state index in [0.717, 1.165) is 35.7 Å². The maximum Gasteiger partial charge on any atom is 0.273 e. The predicted octanol–water partition coefficient (Wildman–Crippen LogP) is 4.77. The van der Waals surface area contributed by atoms with Crippen LogP contribution in [-0.4, -0.2) is 33.7 Å². The molecule has 1 saturated carbocycles. The molecule has 1 N–H and O–H groups in total. The summed E-state index contributed by atoms with van der Waals surface area (Å²) in [7, 11) is 0. The summed E-state index contributed by atoms with van der Waals surface area (Å²) in [6.45, 7) is 1.95. The maximum atomic E-state index is 13.3. The second-order valence-corrected chi connectivity index (χ2v) is 9.15. The lowest BCUT2D eigenvalue weighted by atomic mass is 9.95. The molecular weight excluding hydrogens is 474 g/mol. The van der Waals surface area contributed by atoms with Gasteiger partial charge in [0, 0.05) is 28.7 Å². The first-order valence-corrected chi connectivity index (χ1v) is 11.7. The van der Waals surface area contributed by atoms with Crippen LogP contribution < -0.4 is 5.32 Å². The molecule has 2 aromatic rings. The third-order valence-electron chi connectivity index (χ3n) is 5.89. The highest BCUT2D eigenvalue weighted by Crippen LogP contribution is 2.22. The van der Waals surface area contributed by atoms with Gasteiger partial charge in [-0.2, -0.15) is 0 Å². The molecule has 2 amide bonds. The molecule has 0 heterocycles. The highest BCUT2D eigenvalue weighted by atomic mass is 79.9. The van der Waals surface area contributed by atoms with E-state index in [1.165, 1.54) is 17.4 Å². The molecule has 0 radical (unpaired) electrons. The number of nitro benzene ring substituents is 1. The van der Waals surface area contributed by atoms with Crippen molar-refractivity contribution in [1.82, 2.24) is 10.2 Å². The molecule has 3 rings (SSSR count). The molecule has 0 aliphatic heterocycles. The third-order valence-corrected chi connectivity index (χ3v) is 6.38. The van der Waals surface area contributed by atoms with Crippen LogP contribution in [0.25, 0.3) is 0 Å². The molecule has 1 aliphatic rings. The summed E-state index contributed by atoms with van der Waals surface area (Å²) in [5.74, 6) is -0.520. The molecule has 0 saturated heterocycles. The normalized spacial score (nSPS) is 15.1. The number of nitro groups is 1. The van der Waals surface area contributed by atoms with Crippen molar-refractivity contribution in [2.75, 3.05) is 0 Å². The highest BCUT2D eigenvalue weighted by molar-refractivity contribution is 9.10. The largest absolute Gasteiger partial charge is 0.352 e. The van der Waals surface area contributed by atoms with E-state index in [1.54, 1.807) is 25.1 Å². The minimum Gasteiger partial charge on any atom is -0.352 e. The summed E-state index contributed by atoms with van der Waals surface area (Å²) in [5, 5.41) is 14.5. The van der Waals surface area contributed by atoms with Gasteiger partial charge in [0.25, 0.3) is 5.69 Å². The molecule has 1 unspecified atom stereocenters. The van der Waals surface area contributed by atoms with Gasteiger partial charge in [0.05, 0.1) is 11.3 Å². The van der Waals surface area contributed by atoms with E-state index in [0.29, 0.717) is 5.56 Å². The standard InChI is InChI=1S/C24H28BrN3O4/c1-17(24(30)26-21-11-3-2-4-12-21)27(16-18-8-7-10-20(25)14-18)23(29)15-19-9-5-6-13-22(19)28(31)32/h5-10,13-14,17,21H,2-4,11-12,15-16H2,1H3,(H,26,30). The predicted molar refractivity (Wildman–Crippen MR) is 126 cm³/mol. The summed E-state index contributed by atoms with van der Waals surface area (Å²) in [4.78, 5) is 38.7. The summed E-state index contributed by atoms with van der Waals surface area (Å²) in [5.41, 5.74) is 1.11. The fourth-order valence-electron chi connectivity index (χ4n) is 4.09. The number of carbonyl (C=O) groups is 2. The lowest BCUT2D eigenvalue weighted by molar-refractivity contribution is -0.385. The average Bonchev–Trinajstić information content (AvgIpc) is 2.78. The molecular formula is C24H28BrN3O4. The van der Waals surface area contributed by atoms with Gasteiger partial charge in [0.15, 0.2) is 0 Å². The Morgan fingerprint density at radius 3 is 2.56 bits per heavy atom. The molecule has 32 heavy (non-hydrogen) atoms. The zero-order chi connectivity index (χ0) is 23.1. The fraction of sp³-hybridized carbons (Fsp3) is 0.417. The first-order chi connectivity index (χ1) is 15.3. The Bertz CT molecular complexity index is 975. The molecule has 1 aliphatic carbocycles. The van der Waals surface area contributed by atoms with E-state index < -0.39 is 11.0 Å². The van der Waals surface area contributed by atoms with Crippen LogP contribution >= 0.6 is 15.9 Å². The third kappa shape index (κ3) is 6.38.